The number of carbonyl (C=O) groups is 1. The van der Waals surface area contributed by atoms with Crippen molar-refractivity contribution in [2.24, 2.45) is 5.92 Å². The van der Waals surface area contributed by atoms with E-state index in [1.54, 1.807) is 11.4 Å². The fraction of sp³-hybridized carbons (Fsp3) is 0.696. The lowest BCUT2D eigenvalue weighted by molar-refractivity contribution is 0.130. The summed E-state index contributed by atoms with van der Waals surface area (Å²) in [4.78, 5) is 16.2. The topological polar surface area (TPSA) is 73.0 Å². The molecule has 31 heavy (non-hydrogen) atoms. The predicted molar refractivity (Wildman–Crippen MR) is 125 cm³/mol. The molecule has 0 unspecified atom stereocenters. The summed E-state index contributed by atoms with van der Waals surface area (Å²) in [6.07, 6.45) is 6.26. The third-order valence-corrected chi connectivity index (χ3v) is 8.46. The van der Waals surface area contributed by atoms with E-state index in [-0.39, 0.29) is 6.03 Å². The van der Waals surface area contributed by atoms with Crippen LogP contribution in [-0.2, 0) is 10.0 Å². The molecule has 0 aromatic heterocycles. The van der Waals surface area contributed by atoms with E-state index in [0.717, 1.165) is 51.7 Å². The molecular weight excluding hydrogens is 412 g/mol. The van der Waals surface area contributed by atoms with Crippen LogP contribution in [0.3, 0.4) is 0 Å². The van der Waals surface area contributed by atoms with Crippen molar-refractivity contribution < 1.29 is 13.2 Å². The molecule has 0 saturated carbocycles. The van der Waals surface area contributed by atoms with E-state index >= 15 is 0 Å². The Labute approximate surface area is 187 Å². The molecule has 1 aromatic carbocycles. The van der Waals surface area contributed by atoms with Gasteiger partial charge in [-0.3, -0.25) is 0 Å². The third kappa shape index (κ3) is 6.43. The minimum absolute atomic E-state index is 0.0111. The number of hydrogen-bond acceptors (Lipinski definition) is 4. The molecule has 0 aliphatic carbocycles. The number of amides is 2. The molecule has 2 heterocycles. The molecule has 0 spiro atoms. The monoisotopic (exact) mass is 450 g/mol. The van der Waals surface area contributed by atoms with Crippen molar-refractivity contribution in [3.05, 3.63) is 35.9 Å². The standard InChI is InChI=1S/C23H38N4O3S/c1-24-23(28)25(2)21-11-14-26(15-12-21)16-13-22(19-7-5-4-6-8-19)20-9-17-27(18-10-20)31(3,29)30/h4-8,20-22H,9-18H2,1-3H3,(H,24,28)/t22-/m0/s1. The second-order valence-corrected chi connectivity index (χ2v) is 11.0. The Morgan fingerprint density at radius 2 is 1.71 bits per heavy atom. The highest BCUT2D eigenvalue weighted by Crippen LogP contribution is 2.36. The summed E-state index contributed by atoms with van der Waals surface area (Å²) in [6.45, 7) is 4.33. The zero-order chi connectivity index (χ0) is 22.4. The summed E-state index contributed by atoms with van der Waals surface area (Å²) in [5, 5.41) is 2.71. The van der Waals surface area contributed by atoms with Gasteiger partial charge in [-0.15, -0.1) is 0 Å². The molecule has 1 atom stereocenters. The van der Waals surface area contributed by atoms with E-state index in [0.29, 0.717) is 31.0 Å². The van der Waals surface area contributed by atoms with Crippen LogP contribution in [0.1, 0.15) is 43.6 Å². The molecule has 7 nitrogen and oxygen atoms in total. The van der Waals surface area contributed by atoms with Crippen molar-refractivity contribution in [2.75, 3.05) is 53.1 Å². The summed E-state index contributed by atoms with van der Waals surface area (Å²) in [6, 6.07) is 11.0. The fourth-order valence-electron chi connectivity index (χ4n) is 5.18. The smallest absolute Gasteiger partial charge is 0.317 e. The average Bonchev–Trinajstić information content (AvgIpc) is 2.79. The number of sulfonamides is 1. The van der Waals surface area contributed by atoms with E-state index in [9.17, 15) is 13.2 Å². The normalized spacial score (nSPS) is 21.0. The van der Waals surface area contributed by atoms with Gasteiger partial charge in [0.15, 0.2) is 0 Å². The van der Waals surface area contributed by atoms with Gasteiger partial charge < -0.3 is 15.1 Å². The molecule has 0 radical (unpaired) electrons. The lowest BCUT2D eigenvalue weighted by Gasteiger charge is -2.39. The highest BCUT2D eigenvalue weighted by atomic mass is 32.2. The lowest BCUT2D eigenvalue weighted by Crippen LogP contribution is -2.48. The van der Waals surface area contributed by atoms with Gasteiger partial charge in [0.2, 0.25) is 10.0 Å². The molecule has 2 amide bonds. The van der Waals surface area contributed by atoms with Gasteiger partial charge in [-0.2, -0.15) is 0 Å². The summed E-state index contributed by atoms with van der Waals surface area (Å²) in [7, 11) is 0.464. The van der Waals surface area contributed by atoms with Gasteiger partial charge in [0.25, 0.3) is 0 Å². The zero-order valence-corrected chi connectivity index (χ0v) is 20.0. The number of urea groups is 1. The van der Waals surface area contributed by atoms with Gasteiger partial charge in [-0.25, -0.2) is 17.5 Å². The molecule has 0 bridgehead atoms. The average molecular weight is 451 g/mol. The molecule has 2 aliphatic rings. The van der Waals surface area contributed by atoms with E-state index in [4.69, 9.17) is 0 Å². The van der Waals surface area contributed by atoms with Gasteiger partial charge >= 0.3 is 6.03 Å². The molecule has 2 aliphatic heterocycles. The number of piperidine rings is 2. The van der Waals surface area contributed by atoms with Gasteiger partial charge in [0, 0.05) is 46.3 Å². The SMILES string of the molecule is CNC(=O)N(C)C1CCN(CC[C@@H](c2ccccc2)C2CCN(S(C)(=O)=O)CC2)CC1. The van der Waals surface area contributed by atoms with Crippen molar-refractivity contribution in [3.8, 4) is 0 Å². The third-order valence-electron chi connectivity index (χ3n) is 7.16. The number of hydrogen-bond donors (Lipinski definition) is 1. The lowest BCUT2D eigenvalue weighted by atomic mass is 9.78. The maximum absolute atomic E-state index is 11.9. The van der Waals surface area contributed by atoms with Crippen LogP contribution in [0.2, 0.25) is 0 Å². The van der Waals surface area contributed by atoms with Gasteiger partial charge in [0.05, 0.1) is 6.26 Å². The Bertz CT molecular complexity index is 801. The van der Waals surface area contributed by atoms with E-state index < -0.39 is 10.0 Å². The molecule has 2 saturated heterocycles. The zero-order valence-electron chi connectivity index (χ0n) is 19.2. The first-order chi connectivity index (χ1) is 14.8. The first kappa shape index (κ1) is 24.0. The van der Waals surface area contributed by atoms with E-state index in [1.165, 1.54) is 11.8 Å². The van der Waals surface area contributed by atoms with Crippen LogP contribution in [0.25, 0.3) is 0 Å². The minimum atomic E-state index is -3.10. The van der Waals surface area contributed by atoms with Crippen LogP contribution in [0.15, 0.2) is 30.3 Å². The number of benzene rings is 1. The molecular formula is C23H38N4O3S. The summed E-state index contributed by atoms with van der Waals surface area (Å²) in [5.74, 6) is 0.964. The van der Waals surface area contributed by atoms with Crippen LogP contribution < -0.4 is 5.32 Å². The second kappa shape index (κ2) is 10.8. The predicted octanol–water partition coefficient (Wildman–Crippen LogP) is 2.57. The van der Waals surface area contributed by atoms with Gasteiger partial charge in [-0.05, 0) is 56.0 Å². The number of likely N-dealkylation sites (tertiary alicyclic amines) is 1. The van der Waals surface area contributed by atoms with Crippen molar-refractivity contribution in [2.45, 2.75) is 44.1 Å². The Kier molecular flexibility index (Phi) is 8.36. The van der Waals surface area contributed by atoms with Crippen molar-refractivity contribution in [1.29, 1.82) is 0 Å². The molecule has 3 rings (SSSR count). The van der Waals surface area contributed by atoms with Crippen LogP contribution in [0.4, 0.5) is 4.79 Å². The van der Waals surface area contributed by atoms with Gasteiger partial charge in [0.1, 0.15) is 0 Å². The number of nitrogens with zero attached hydrogens (tertiary/aromatic N) is 3. The first-order valence-corrected chi connectivity index (χ1v) is 13.3. The van der Waals surface area contributed by atoms with E-state index in [2.05, 4.69) is 40.5 Å². The quantitative estimate of drug-likeness (QED) is 0.693. The summed E-state index contributed by atoms with van der Waals surface area (Å²) < 4.78 is 25.4. The fourth-order valence-corrected chi connectivity index (χ4v) is 6.05. The Morgan fingerprint density at radius 3 is 2.26 bits per heavy atom. The summed E-state index contributed by atoms with van der Waals surface area (Å²) in [5.41, 5.74) is 1.37. The van der Waals surface area contributed by atoms with Crippen LogP contribution in [0, 0.1) is 5.92 Å². The molecule has 8 heteroatoms. The summed E-state index contributed by atoms with van der Waals surface area (Å²) >= 11 is 0. The molecule has 1 N–H and O–H groups in total. The van der Waals surface area contributed by atoms with Crippen molar-refractivity contribution >= 4 is 16.1 Å². The number of carbonyl (C=O) groups excluding carboxylic acids is 1. The molecule has 174 valence electrons. The molecule has 2 fully saturated rings. The van der Waals surface area contributed by atoms with E-state index in [1.807, 2.05) is 11.9 Å². The van der Waals surface area contributed by atoms with Gasteiger partial charge in [-0.1, -0.05) is 30.3 Å². The van der Waals surface area contributed by atoms with Crippen LogP contribution >= 0.6 is 0 Å². The first-order valence-electron chi connectivity index (χ1n) is 11.5. The maximum atomic E-state index is 11.9. The Morgan fingerprint density at radius 1 is 1.10 bits per heavy atom. The van der Waals surface area contributed by atoms with Crippen molar-refractivity contribution in [3.63, 3.8) is 0 Å². The minimum Gasteiger partial charge on any atom is -0.341 e. The number of nitrogens with one attached hydrogen (secondary N) is 1. The van der Waals surface area contributed by atoms with Crippen LogP contribution in [0.5, 0.6) is 0 Å². The Hall–Kier alpha value is -1.64. The van der Waals surface area contributed by atoms with Crippen LogP contribution in [-0.4, -0.2) is 87.7 Å². The Balaban J connectivity index is 1.57. The maximum Gasteiger partial charge on any atom is 0.317 e. The second-order valence-electron chi connectivity index (χ2n) is 9.04. The van der Waals surface area contributed by atoms with Crippen molar-refractivity contribution in [1.82, 2.24) is 19.4 Å². The molecule has 1 aromatic rings. The highest BCUT2D eigenvalue weighted by Gasteiger charge is 2.31. The highest BCUT2D eigenvalue weighted by molar-refractivity contribution is 7.88. The number of rotatable bonds is 7. The largest absolute Gasteiger partial charge is 0.341 e.